The fourth-order valence-electron chi connectivity index (χ4n) is 2.58. The minimum Gasteiger partial charge on any atom is -0.356 e. The Morgan fingerprint density at radius 2 is 2.10 bits per heavy atom. The van der Waals surface area contributed by atoms with Crippen molar-refractivity contribution in [1.82, 2.24) is 19.7 Å². The Balaban J connectivity index is 1.73. The number of nitrogens with zero attached hydrogens (tertiary/aromatic N) is 5. The molecule has 8 heteroatoms. The molecule has 3 heterocycles. The average molecular weight is 297 g/mol. The number of anilines is 1. The van der Waals surface area contributed by atoms with E-state index >= 15 is 0 Å². The molecule has 5 nitrogen and oxygen atoms in total. The highest BCUT2D eigenvalue weighted by Gasteiger charge is 2.32. The number of pyridine rings is 1. The van der Waals surface area contributed by atoms with Crippen LogP contribution < -0.4 is 4.90 Å². The molecule has 1 aliphatic rings. The Kier molecular flexibility index (Phi) is 3.30. The Morgan fingerprint density at radius 1 is 1.29 bits per heavy atom. The minimum absolute atomic E-state index is 0.224. The molecule has 1 aliphatic heterocycles. The van der Waals surface area contributed by atoms with Crippen molar-refractivity contribution in [1.29, 1.82) is 0 Å². The zero-order valence-corrected chi connectivity index (χ0v) is 11.4. The average Bonchev–Trinajstić information content (AvgIpc) is 3.06. The van der Waals surface area contributed by atoms with Crippen molar-refractivity contribution < 1.29 is 13.2 Å². The van der Waals surface area contributed by atoms with Crippen LogP contribution in [0.1, 0.15) is 23.7 Å². The number of aromatic nitrogens is 4. The molecule has 3 rings (SSSR count). The van der Waals surface area contributed by atoms with Gasteiger partial charge in [0.25, 0.3) is 0 Å². The maximum Gasteiger partial charge on any atom is 0.417 e. The van der Waals surface area contributed by atoms with Gasteiger partial charge in [-0.05, 0) is 18.6 Å². The lowest BCUT2D eigenvalue weighted by atomic mass is 10.1. The van der Waals surface area contributed by atoms with Gasteiger partial charge in [-0.25, -0.2) is 4.98 Å². The lowest BCUT2D eigenvalue weighted by Crippen LogP contribution is -2.21. The second kappa shape index (κ2) is 5.01. The van der Waals surface area contributed by atoms with Gasteiger partial charge in [-0.15, -0.1) is 10.2 Å². The Morgan fingerprint density at radius 3 is 2.67 bits per heavy atom. The summed E-state index contributed by atoms with van der Waals surface area (Å²) in [7, 11) is 1.88. The molecule has 0 saturated carbocycles. The molecule has 1 fully saturated rings. The summed E-state index contributed by atoms with van der Waals surface area (Å²) in [6.07, 6.45) is -0.938. The Bertz CT molecular complexity index is 619. The summed E-state index contributed by atoms with van der Waals surface area (Å²) in [6.45, 7) is 1.43. The number of rotatable bonds is 2. The molecule has 0 bridgehead atoms. The molecule has 0 spiro atoms. The molecule has 112 valence electrons. The first kappa shape index (κ1) is 13.8. The fourth-order valence-corrected chi connectivity index (χ4v) is 2.58. The first-order valence-corrected chi connectivity index (χ1v) is 6.57. The highest BCUT2D eigenvalue weighted by molar-refractivity contribution is 5.41. The van der Waals surface area contributed by atoms with Crippen molar-refractivity contribution in [3.8, 4) is 0 Å². The van der Waals surface area contributed by atoms with E-state index in [0.29, 0.717) is 12.4 Å². The molecular weight excluding hydrogens is 283 g/mol. The van der Waals surface area contributed by atoms with Crippen LogP contribution >= 0.6 is 0 Å². The van der Waals surface area contributed by atoms with Crippen molar-refractivity contribution in [3.05, 3.63) is 36.0 Å². The second-order valence-electron chi connectivity index (χ2n) is 5.13. The predicted molar refractivity (Wildman–Crippen MR) is 69.8 cm³/mol. The minimum atomic E-state index is -4.35. The zero-order chi connectivity index (χ0) is 15.0. The summed E-state index contributed by atoms with van der Waals surface area (Å²) in [5.74, 6) is 1.68. The van der Waals surface area contributed by atoms with E-state index in [4.69, 9.17) is 0 Å². The van der Waals surface area contributed by atoms with Crippen LogP contribution in [-0.2, 0) is 13.2 Å². The quantitative estimate of drug-likeness (QED) is 0.853. The molecule has 0 aliphatic carbocycles. The van der Waals surface area contributed by atoms with Gasteiger partial charge in [-0.2, -0.15) is 13.2 Å². The lowest BCUT2D eigenvalue weighted by Gasteiger charge is -2.18. The van der Waals surface area contributed by atoms with Crippen LogP contribution in [0.3, 0.4) is 0 Å². The normalized spacial score (nSPS) is 19.2. The van der Waals surface area contributed by atoms with Crippen molar-refractivity contribution in [2.45, 2.75) is 18.5 Å². The van der Waals surface area contributed by atoms with Gasteiger partial charge in [0.2, 0.25) is 0 Å². The van der Waals surface area contributed by atoms with Crippen LogP contribution in [0.2, 0.25) is 0 Å². The molecule has 2 aromatic rings. The molecule has 2 aromatic heterocycles. The second-order valence-corrected chi connectivity index (χ2v) is 5.13. The number of halogens is 3. The largest absolute Gasteiger partial charge is 0.417 e. The first-order chi connectivity index (χ1) is 9.95. The smallest absolute Gasteiger partial charge is 0.356 e. The van der Waals surface area contributed by atoms with Crippen LogP contribution in [0.4, 0.5) is 19.0 Å². The molecular formula is C13H14F3N5. The highest BCUT2D eigenvalue weighted by Crippen LogP contribution is 2.31. The molecule has 1 saturated heterocycles. The van der Waals surface area contributed by atoms with Crippen molar-refractivity contribution in [3.63, 3.8) is 0 Å². The van der Waals surface area contributed by atoms with Crippen LogP contribution in [-0.4, -0.2) is 32.8 Å². The van der Waals surface area contributed by atoms with Crippen LogP contribution in [0.5, 0.6) is 0 Å². The Labute approximate surface area is 119 Å². The molecule has 1 atom stereocenters. The third-order valence-electron chi connectivity index (χ3n) is 3.70. The fraction of sp³-hybridized carbons (Fsp3) is 0.462. The van der Waals surface area contributed by atoms with Crippen molar-refractivity contribution >= 4 is 5.82 Å². The third-order valence-corrected chi connectivity index (χ3v) is 3.70. The molecule has 21 heavy (non-hydrogen) atoms. The van der Waals surface area contributed by atoms with E-state index in [1.807, 2.05) is 16.5 Å². The van der Waals surface area contributed by atoms with Crippen LogP contribution in [0.15, 0.2) is 24.7 Å². The molecule has 0 amide bonds. The van der Waals surface area contributed by atoms with Crippen molar-refractivity contribution in [2.24, 2.45) is 7.05 Å². The SMILES string of the molecule is Cn1cnnc1C1CCN(c2ccc(C(F)(F)F)cn2)C1. The summed E-state index contributed by atoms with van der Waals surface area (Å²) >= 11 is 0. The highest BCUT2D eigenvalue weighted by atomic mass is 19.4. The van der Waals surface area contributed by atoms with Gasteiger partial charge >= 0.3 is 6.18 Å². The summed E-state index contributed by atoms with van der Waals surface area (Å²) in [5.41, 5.74) is -0.727. The lowest BCUT2D eigenvalue weighted by molar-refractivity contribution is -0.137. The van der Waals surface area contributed by atoms with Crippen molar-refractivity contribution in [2.75, 3.05) is 18.0 Å². The van der Waals surface area contributed by atoms with E-state index in [9.17, 15) is 13.2 Å². The molecule has 0 aromatic carbocycles. The first-order valence-electron chi connectivity index (χ1n) is 6.57. The monoisotopic (exact) mass is 297 g/mol. The van der Waals surface area contributed by atoms with E-state index in [0.717, 1.165) is 31.1 Å². The Hall–Kier alpha value is -2.12. The van der Waals surface area contributed by atoms with E-state index in [-0.39, 0.29) is 5.92 Å². The summed E-state index contributed by atoms with van der Waals surface area (Å²) in [5, 5.41) is 7.95. The predicted octanol–water partition coefficient (Wildman–Crippen LogP) is 2.22. The van der Waals surface area contributed by atoms with Gasteiger partial charge in [-0.1, -0.05) is 0 Å². The third kappa shape index (κ3) is 2.70. The summed E-state index contributed by atoms with van der Waals surface area (Å²) < 4.78 is 39.4. The summed E-state index contributed by atoms with van der Waals surface area (Å²) in [4.78, 5) is 5.90. The van der Waals surface area contributed by atoms with E-state index < -0.39 is 11.7 Å². The number of aryl methyl sites for hydroxylation is 1. The number of hydrogen-bond acceptors (Lipinski definition) is 4. The van der Waals surface area contributed by atoms with E-state index in [1.54, 1.807) is 6.33 Å². The van der Waals surface area contributed by atoms with Gasteiger partial charge in [-0.3, -0.25) is 0 Å². The number of alkyl halides is 3. The van der Waals surface area contributed by atoms with Gasteiger partial charge in [0.05, 0.1) is 5.56 Å². The van der Waals surface area contributed by atoms with Crippen LogP contribution in [0, 0.1) is 0 Å². The molecule has 0 N–H and O–H groups in total. The standard InChI is InChI=1S/C13H14F3N5/c1-20-8-18-19-12(20)9-4-5-21(7-9)11-3-2-10(6-17-11)13(14,15)16/h2-3,6,8-9H,4-5,7H2,1H3. The number of hydrogen-bond donors (Lipinski definition) is 0. The van der Waals surface area contributed by atoms with Gasteiger partial charge in [0, 0.05) is 32.3 Å². The zero-order valence-electron chi connectivity index (χ0n) is 11.4. The molecule has 1 unspecified atom stereocenters. The summed E-state index contributed by atoms with van der Waals surface area (Å²) in [6, 6.07) is 2.49. The maximum absolute atomic E-state index is 12.5. The van der Waals surface area contributed by atoms with Gasteiger partial charge in [0.15, 0.2) is 0 Å². The van der Waals surface area contributed by atoms with Crippen LogP contribution in [0.25, 0.3) is 0 Å². The topological polar surface area (TPSA) is 46.8 Å². The van der Waals surface area contributed by atoms with Gasteiger partial charge in [0.1, 0.15) is 18.0 Å². The van der Waals surface area contributed by atoms with Gasteiger partial charge < -0.3 is 9.47 Å². The molecule has 0 radical (unpaired) electrons. The van der Waals surface area contributed by atoms with E-state index in [1.165, 1.54) is 6.07 Å². The van der Waals surface area contributed by atoms with E-state index in [2.05, 4.69) is 15.2 Å². The maximum atomic E-state index is 12.5.